The van der Waals surface area contributed by atoms with Gasteiger partial charge in [0.2, 0.25) is 0 Å². The third kappa shape index (κ3) is 1.49. The number of hydrogen-bond acceptors (Lipinski definition) is 2. The van der Waals surface area contributed by atoms with Crippen molar-refractivity contribution in [3.05, 3.63) is 53.1 Å². The van der Waals surface area contributed by atoms with Crippen LogP contribution < -0.4 is 4.74 Å². The quantitative estimate of drug-likeness (QED) is 0.775. The van der Waals surface area contributed by atoms with Crippen LogP contribution in [0.1, 0.15) is 24.0 Å². The molecule has 1 saturated heterocycles. The lowest BCUT2D eigenvalue weighted by Gasteiger charge is -2.53. The predicted molar refractivity (Wildman–Crippen MR) is 81.3 cm³/mol. The van der Waals surface area contributed by atoms with E-state index < -0.39 is 0 Å². The van der Waals surface area contributed by atoms with Crippen molar-refractivity contribution in [1.29, 1.82) is 0 Å². The highest BCUT2D eigenvalue weighted by Crippen LogP contribution is 2.52. The zero-order chi connectivity index (χ0) is 13.7. The van der Waals surface area contributed by atoms with Gasteiger partial charge in [0.25, 0.3) is 0 Å². The monoisotopic (exact) mass is 267 g/mol. The van der Waals surface area contributed by atoms with Gasteiger partial charge in [0.15, 0.2) is 0 Å². The van der Waals surface area contributed by atoms with Crippen molar-refractivity contribution >= 4 is 0 Å². The Kier molecular flexibility index (Phi) is 2.58. The molecule has 0 saturated carbocycles. The normalized spacial score (nSPS) is 31.3. The van der Waals surface area contributed by atoms with Crippen molar-refractivity contribution in [3.8, 4) is 5.75 Å². The highest BCUT2D eigenvalue weighted by atomic mass is 16.5. The molecule has 0 radical (unpaired) electrons. The predicted octanol–water partition coefficient (Wildman–Crippen LogP) is 3.08. The molecule has 1 aromatic rings. The number of fused-ring (bicyclic) bond motifs is 1. The number of likely N-dealkylation sites (tertiary alicyclic amines) is 1. The molecule has 2 aliphatic carbocycles. The zero-order valence-electron chi connectivity index (χ0n) is 12.2. The molecular weight excluding hydrogens is 246 g/mol. The zero-order valence-corrected chi connectivity index (χ0v) is 12.2. The van der Waals surface area contributed by atoms with Crippen LogP contribution in [-0.2, 0) is 11.8 Å². The summed E-state index contributed by atoms with van der Waals surface area (Å²) >= 11 is 0. The summed E-state index contributed by atoms with van der Waals surface area (Å²) in [4.78, 5) is 2.52. The lowest BCUT2D eigenvalue weighted by molar-refractivity contribution is 0.167. The van der Waals surface area contributed by atoms with E-state index in [0.717, 1.165) is 18.6 Å². The van der Waals surface area contributed by atoms with Crippen LogP contribution in [0.4, 0.5) is 0 Å². The van der Waals surface area contributed by atoms with Gasteiger partial charge >= 0.3 is 0 Å². The molecule has 1 heterocycles. The van der Waals surface area contributed by atoms with Crippen LogP contribution in [0.5, 0.6) is 5.75 Å². The molecule has 1 aromatic carbocycles. The van der Waals surface area contributed by atoms with E-state index >= 15 is 0 Å². The molecule has 0 N–H and O–H groups in total. The maximum absolute atomic E-state index is 5.47. The minimum Gasteiger partial charge on any atom is -0.497 e. The molecule has 2 bridgehead atoms. The Bertz CT molecular complexity index is 616. The standard InChI is InChI=1S/C18H21NO/c1-19-10-9-18-8-4-3-5-15(18)17(19)11-13-6-7-14(20-2)12-16(13)18/h3-7,12,17H,8-11H2,1-2H3/t17-,18-/m0/s1. The van der Waals surface area contributed by atoms with E-state index in [0.29, 0.717) is 6.04 Å². The Morgan fingerprint density at radius 2 is 2.25 bits per heavy atom. The van der Waals surface area contributed by atoms with Crippen LogP contribution in [-0.4, -0.2) is 31.6 Å². The molecule has 20 heavy (non-hydrogen) atoms. The van der Waals surface area contributed by atoms with Crippen molar-refractivity contribution in [2.24, 2.45) is 0 Å². The average Bonchev–Trinajstić information content (AvgIpc) is 2.50. The van der Waals surface area contributed by atoms with Crippen molar-refractivity contribution in [1.82, 2.24) is 4.90 Å². The number of allylic oxidation sites excluding steroid dienone is 3. The van der Waals surface area contributed by atoms with Gasteiger partial charge in [-0.1, -0.05) is 24.3 Å². The molecule has 104 valence electrons. The van der Waals surface area contributed by atoms with Crippen LogP contribution in [0, 0.1) is 0 Å². The maximum atomic E-state index is 5.47. The third-order valence-electron chi connectivity index (χ3n) is 5.46. The largest absolute Gasteiger partial charge is 0.497 e. The first kappa shape index (κ1) is 12.2. The average molecular weight is 267 g/mol. The van der Waals surface area contributed by atoms with Gasteiger partial charge < -0.3 is 4.74 Å². The molecule has 2 heteroatoms. The summed E-state index contributed by atoms with van der Waals surface area (Å²) in [5.41, 5.74) is 4.87. The molecule has 1 fully saturated rings. The fraction of sp³-hybridized carbons (Fsp3) is 0.444. The van der Waals surface area contributed by atoms with E-state index in [-0.39, 0.29) is 5.41 Å². The summed E-state index contributed by atoms with van der Waals surface area (Å²) in [7, 11) is 4.03. The van der Waals surface area contributed by atoms with E-state index in [4.69, 9.17) is 4.74 Å². The third-order valence-corrected chi connectivity index (χ3v) is 5.46. The van der Waals surface area contributed by atoms with Gasteiger partial charge in [-0.2, -0.15) is 0 Å². The summed E-state index contributed by atoms with van der Waals surface area (Å²) in [5, 5.41) is 0. The van der Waals surface area contributed by atoms with Crippen LogP contribution >= 0.6 is 0 Å². The molecular formula is C18H21NO. The van der Waals surface area contributed by atoms with Gasteiger partial charge in [-0.15, -0.1) is 0 Å². The summed E-state index contributed by atoms with van der Waals surface area (Å²) in [5.74, 6) is 0.990. The van der Waals surface area contributed by atoms with Crippen LogP contribution in [0.15, 0.2) is 42.0 Å². The van der Waals surface area contributed by atoms with Gasteiger partial charge in [0.05, 0.1) is 7.11 Å². The number of ether oxygens (including phenoxy) is 1. The second kappa shape index (κ2) is 4.23. The van der Waals surface area contributed by atoms with E-state index in [1.807, 2.05) is 0 Å². The molecule has 4 rings (SSSR count). The lowest BCUT2D eigenvalue weighted by atomic mass is 9.58. The summed E-state index contributed by atoms with van der Waals surface area (Å²) < 4.78 is 5.47. The maximum Gasteiger partial charge on any atom is 0.119 e. The highest BCUT2D eigenvalue weighted by Gasteiger charge is 2.48. The Morgan fingerprint density at radius 3 is 3.10 bits per heavy atom. The molecule has 0 amide bonds. The Hall–Kier alpha value is -1.54. The first-order valence-corrected chi connectivity index (χ1v) is 7.49. The molecule has 0 aromatic heterocycles. The van der Waals surface area contributed by atoms with Crippen LogP contribution in [0.25, 0.3) is 0 Å². The van der Waals surface area contributed by atoms with Gasteiger partial charge in [-0.25, -0.2) is 0 Å². The van der Waals surface area contributed by atoms with Crippen molar-refractivity contribution in [2.75, 3.05) is 20.7 Å². The number of piperidine rings is 1. The number of methoxy groups -OCH3 is 1. The van der Waals surface area contributed by atoms with Crippen LogP contribution in [0.3, 0.4) is 0 Å². The molecule has 0 unspecified atom stereocenters. The van der Waals surface area contributed by atoms with Gasteiger partial charge in [-0.05, 0) is 61.7 Å². The van der Waals surface area contributed by atoms with E-state index in [1.54, 1.807) is 12.7 Å². The highest BCUT2D eigenvalue weighted by molar-refractivity contribution is 5.55. The lowest BCUT2D eigenvalue weighted by Crippen LogP contribution is -2.54. The number of rotatable bonds is 1. The van der Waals surface area contributed by atoms with Gasteiger partial charge in [0.1, 0.15) is 5.75 Å². The van der Waals surface area contributed by atoms with Crippen molar-refractivity contribution < 1.29 is 4.74 Å². The molecule has 1 aliphatic heterocycles. The van der Waals surface area contributed by atoms with Gasteiger partial charge in [0, 0.05) is 11.5 Å². The first-order chi connectivity index (χ1) is 9.74. The molecule has 2 nitrogen and oxygen atoms in total. The van der Waals surface area contributed by atoms with Crippen molar-refractivity contribution in [2.45, 2.75) is 30.7 Å². The fourth-order valence-electron chi connectivity index (χ4n) is 4.34. The fourth-order valence-corrected chi connectivity index (χ4v) is 4.34. The second-order valence-corrected chi connectivity index (χ2v) is 6.31. The van der Waals surface area contributed by atoms with Crippen molar-refractivity contribution in [3.63, 3.8) is 0 Å². The Labute approximate surface area is 120 Å². The number of benzene rings is 1. The number of hydrogen-bond donors (Lipinski definition) is 0. The van der Waals surface area contributed by atoms with Crippen LogP contribution in [0.2, 0.25) is 0 Å². The summed E-state index contributed by atoms with van der Waals surface area (Å²) in [6.45, 7) is 1.19. The van der Waals surface area contributed by atoms with E-state index in [9.17, 15) is 0 Å². The topological polar surface area (TPSA) is 12.5 Å². The smallest absolute Gasteiger partial charge is 0.119 e. The summed E-state index contributed by atoms with van der Waals surface area (Å²) in [6.07, 6.45) is 10.4. The summed E-state index contributed by atoms with van der Waals surface area (Å²) in [6, 6.07) is 7.24. The SMILES string of the molecule is COc1ccc2c(c1)[C@]13CC=CC=C1[C@H](C2)N(C)CC3. The second-order valence-electron chi connectivity index (χ2n) is 6.31. The van der Waals surface area contributed by atoms with E-state index in [2.05, 4.69) is 48.4 Å². The molecule has 2 atom stereocenters. The molecule has 0 spiro atoms. The minimum atomic E-state index is 0.230. The minimum absolute atomic E-state index is 0.230. The first-order valence-electron chi connectivity index (χ1n) is 7.49. The van der Waals surface area contributed by atoms with Gasteiger partial charge in [-0.3, -0.25) is 4.90 Å². The number of likely N-dealkylation sites (N-methyl/N-ethyl adjacent to an activating group) is 1. The number of nitrogens with zero attached hydrogens (tertiary/aromatic N) is 1. The Morgan fingerprint density at radius 1 is 1.35 bits per heavy atom. The van der Waals surface area contributed by atoms with E-state index in [1.165, 1.54) is 24.1 Å². The molecule has 3 aliphatic rings. The Balaban J connectivity index is 1.94.